The third-order valence-electron chi connectivity index (χ3n) is 1.25. The molecule has 0 heterocycles. The lowest BCUT2D eigenvalue weighted by Gasteiger charge is -2.15. The predicted octanol–water partition coefficient (Wildman–Crippen LogP) is 1.59. The Morgan fingerprint density at radius 2 is 1.55 bits per heavy atom. The van der Waals surface area contributed by atoms with E-state index >= 15 is 0 Å². The molecule has 0 aromatic heterocycles. The fourth-order valence-corrected chi connectivity index (χ4v) is 2.04. The van der Waals surface area contributed by atoms with Crippen LogP contribution < -0.4 is 0 Å². The van der Waals surface area contributed by atoms with Crippen molar-refractivity contribution in [3.05, 3.63) is 0 Å². The van der Waals surface area contributed by atoms with Crippen LogP contribution >= 0.6 is 10.7 Å². The lowest BCUT2D eigenvalue weighted by Crippen LogP contribution is -2.28. The van der Waals surface area contributed by atoms with Gasteiger partial charge in [-0.25, -0.2) is 0 Å². The molecule has 0 fully saturated rings. The van der Waals surface area contributed by atoms with Gasteiger partial charge < -0.3 is 0 Å². The SMILES string of the molecule is CCCN(CCC)S(=O)(=O)Cl. The Balaban J connectivity index is 4.11. The number of halogens is 1. The summed E-state index contributed by atoms with van der Waals surface area (Å²) in [5.74, 6) is 0. The van der Waals surface area contributed by atoms with Gasteiger partial charge in [0.25, 0.3) is 9.24 Å². The molecule has 0 aliphatic carbocycles. The summed E-state index contributed by atoms with van der Waals surface area (Å²) in [6, 6.07) is 0. The lowest BCUT2D eigenvalue weighted by atomic mass is 10.4. The molecule has 0 rings (SSSR count). The van der Waals surface area contributed by atoms with Crippen LogP contribution in [0.3, 0.4) is 0 Å². The molecule has 0 bridgehead atoms. The molecule has 0 aromatic carbocycles. The molecule has 3 nitrogen and oxygen atoms in total. The van der Waals surface area contributed by atoms with Gasteiger partial charge >= 0.3 is 0 Å². The average Bonchev–Trinajstić information content (AvgIpc) is 1.85. The molecule has 0 spiro atoms. The van der Waals surface area contributed by atoms with Gasteiger partial charge in [-0.05, 0) is 12.8 Å². The van der Waals surface area contributed by atoms with Gasteiger partial charge in [0.15, 0.2) is 0 Å². The van der Waals surface area contributed by atoms with Crippen LogP contribution in [0.25, 0.3) is 0 Å². The summed E-state index contributed by atoms with van der Waals surface area (Å²) in [6.45, 7) is 4.87. The second kappa shape index (κ2) is 4.95. The topological polar surface area (TPSA) is 37.4 Å². The molecule has 0 unspecified atom stereocenters. The smallest absolute Gasteiger partial charge is 0.195 e. The Hall–Kier alpha value is 0.200. The molecule has 68 valence electrons. The Labute approximate surface area is 72.9 Å². The number of hydrogen-bond acceptors (Lipinski definition) is 2. The van der Waals surface area contributed by atoms with Crippen LogP contribution in [0.15, 0.2) is 0 Å². The van der Waals surface area contributed by atoms with E-state index in [-0.39, 0.29) is 0 Å². The summed E-state index contributed by atoms with van der Waals surface area (Å²) in [5.41, 5.74) is 0. The fraction of sp³-hybridized carbons (Fsp3) is 1.00. The third-order valence-corrected chi connectivity index (χ3v) is 2.82. The first kappa shape index (κ1) is 11.2. The van der Waals surface area contributed by atoms with Crippen LogP contribution in [0, 0.1) is 0 Å². The van der Waals surface area contributed by atoms with E-state index in [1.807, 2.05) is 13.8 Å². The number of rotatable bonds is 5. The van der Waals surface area contributed by atoms with Crippen LogP contribution in [-0.2, 0) is 9.24 Å². The second-order valence-corrected chi connectivity index (χ2v) is 4.85. The predicted molar refractivity (Wildman–Crippen MR) is 46.9 cm³/mol. The van der Waals surface area contributed by atoms with Crippen LogP contribution in [0.1, 0.15) is 26.7 Å². The van der Waals surface area contributed by atoms with Gasteiger partial charge in [0, 0.05) is 23.8 Å². The van der Waals surface area contributed by atoms with Crippen LogP contribution in [0.5, 0.6) is 0 Å². The summed E-state index contributed by atoms with van der Waals surface area (Å²) in [5, 5.41) is 0. The molecular formula is C6H14ClNO2S. The Morgan fingerprint density at radius 1 is 1.18 bits per heavy atom. The molecule has 0 aromatic rings. The third kappa shape index (κ3) is 4.61. The maximum Gasteiger partial charge on any atom is 0.299 e. The normalized spacial score (nSPS) is 12.4. The largest absolute Gasteiger partial charge is 0.299 e. The minimum Gasteiger partial charge on any atom is -0.195 e. The van der Waals surface area contributed by atoms with Gasteiger partial charge in [0.2, 0.25) is 0 Å². The monoisotopic (exact) mass is 199 g/mol. The second-order valence-electron chi connectivity index (χ2n) is 2.34. The van der Waals surface area contributed by atoms with Crippen LogP contribution in [0.2, 0.25) is 0 Å². The Morgan fingerprint density at radius 3 is 1.73 bits per heavy atom. The summed E-state index contributed by atoms with van der Waals surface area (Å²) >= 11 is 0. The minimum absolute atomic E-state index is 0.514. The van der Waals surface area contributed by atoms with Crippen LogP contribution in [-0.4, -0.2) is 25.8 Å². The van der Waals surface area contributed by atoms with Gasteiger partial charge in [0.05, 0.1) is 0 Å². The molecule has 11 heavy (non-hydrogen) atoms. The first-order valence-electron chi connectivity index (χ1n) is 3.72. The van der Waals surface area contributed by atoms with Gasteiger partial charge in [0.1, 0.15) is 0 Å². The van der Waals surface area contributed by atoms with E-state index in [0.717, 1.165) is 12.8 Å². The Kier molecular flexibility index (Phi) is 5.04. The quantitative estimate of drug-likeness (QED) is 0.631. The zero-order valence-electron chi connectivity index (χ0n) is 6.88. The summed E-state index contributed by atoms with van der Waals surface area (Å²) in [6.07, 6.45) is 1.60. The maximum atomic E-state index is 10.8. The summed E-state index contributed by atoms with van der Waals surface area (Å²) in [7, 11) is 1.67. The highest BCUT2D eigenvalue weighted by atomic mass is 35.7. The highest BCUT2D eigenvalue weighted by molar-refractivity contribution is 8.11. The molecule has 5 heteroatoms. The molecule has 0 radical (unpaired) electrons. The van der Waals surface area contributed by atoms with Gasteiger partial charge in [-0.15, -0.1) is 0 Å². The van der Waals surface area contributed by atoms with Crippen molar-refractivity contribution in [3.8, 4) is 0 Å². The van der Waals surface area contributed by atoms with Gasteiger partial charge in [-0.2, -0.15) is 12.7 Å². The molecular weight excluding hydrogens is 186 g/mol. The minimum atomic E-state index is -3.48. The van der Waals surface area contributed by atoms with Crippen molar-refractivity contribution in [2.75, 3.05) is 13.1 Å². The van der Waals surface area contributed by atoms with E-state index in [4.69, 9.17) is 10.7 Å². The van der Waals surface area contributed by atoms with Crippen molar-refractivity contribution in [2.24, 2.45) is 0 Å². The molecule has 0 amide bonds. The highest BCUT2D eigenvalue weighted by Gasteiger charge is 2.15. The van der Waals surface area contributed by atoms with E-state index in [0.29, 0.717) is 13.1 Å². The molecule has 0 N–H and O–H groups in total. The lowest BCUT2D eigenvalue weighted by molar-refractivity contribution is 0.420. The first-order chi connectivity index (χ1) is 5.02. The molecule has 0 saturated carbocycles. The average molecular weight is 200 g/mol. The van der Waals surface area contributed by atoms with E-state index in [1.165, 1.54) is 4.31 Å². The van der Waals surface area contributed by atoms with Crippen molar-refractivity contribution in [1.82, 2.24) is 4.31 Å². The van der Waals surface area contributed by atoms with Crippen molar-refractivity contribution >= 4 is 19.9 Å². The summed E-state index contributed by atoms with van der Waals surface area (Å²) in [4.78, 5) is 0. The highest BCUT2D eigenvalue weighted by Crippen LogP contribution is 2.07. The van der Waals surface area contributed by atoms with Gasteiger partial charge in [-0.3, -0.25) is 0 Å². The van der Waals surface area contributed by atoms with Crippen molar-refractivity contribution in [3.63, 3.8) is 0 Å². The van der Waals surface area contributed by atoms with Crippen LogP contribution in [0.4, 0.5) is 0 Å². The van der Waals surface area contributed by atoms with Gasteiger partial charge in [-0.1, -0.05) is 13.8 Å². The zero-order chi connectivity index (χ0) is 8.91. The maximum absolute atomic E-state index is 10.8. The Bertz CT molecular complexity index is 185. The van der Waals surface area contributed by atoms with E-state index in [2.05, 4.69) is 0 Å². The van der Waals surface area contributed by atoms with Crippen molar-refractivity contribution < 1.29 is 8.42 Å². The van der Waals surface area contributed by atoms with Crippen molar-refractivity contribution in [1.29, 1.82) is 0 Å². The van der Waals surface area contributed by atoms with E-state index < -0.39 is 9.24 Å². The first-order valence-corrected chi connectivity index (χ1v) is 5.98. The van der Waals surface area contributed by atoms with Crippen molar-refractivity contribution in [2.45, 2.75) is 26.7 Å². The molecule has 0 aliphatic heterocycles. The summed E-state index contributed by atoms with van der Waals surface area (Å²) < 4.78 is 22.9. The molecule has 0 atom stereocenters. The fourth-order valence-electron chi connectivity index (χ4n) is 0.829. The molecule has 0 saturated heterocycles. The number of nitrogens with zero attached hydrogens (tertiary/aromatic N) is 1. The zero-order valence-corrected chi connectivity index (χ0v) is 8.45. The standard InChI is InChI=1S/C6H14ClNO2S/c1-3-5-8(6-4-2)11(7,9)10/h3-6H2,1-2H3. The van der Waals surface area contributed by atoms with E-state index in [9.17, 15) is 8.42 Å². The van der Waals surface area contributed by atoms with E-state index in [1.54, 1.807) is 0 Å². The number of hydrogen-bond donors (Lipinski definition) is 0. The molecule has 0 aliphatic rings.